The van der Waals surface area contributed by atoms with Crippen LogP contribution < -0.4 is 9.64 Å². The van der Waals surface area contributed by atoms with E-state index in [4.69, 9.17) is 9.84 Å². The van der Waals surface area contributed by atoms with Crippen LogP contribution in [-0.2, 0) is 4.79 Å². The average molecular weight is 366 g/mol. The van der Waals surface area contributed by atoms with Gasteiger partial charge in [0, 0.05) is 44.5 Å². The van der Waals surface area contributed by atoms with Gasteiger partial charge in [-0.1, -0.05) is 30.3 Å². The van der Waals surface area contributed by atoms with Gasteiger partial charge in [0.05, 0.1) is 0 Å². The molecule has 3 rings (SSSR count). The Labute approximate surface area is 160 Å². The van der Waals surface area contributed by atoms with Gasteiger partial charge in [-0.25, -0.2) is 4.79 Å². The van der Waals surface area contributed by atoms with Gasteiger partial charge in [-0.15, -0.1) is 0 Å². The average Bonchev–Trinajstić information content (AvgIpc) is 2.68. The van der Waals surface area contributed by atoms with E-state index in [0.29, 0.717) is 0 Å². The van der Waals surface area contributed by atoms with Crippen LogP contribution in [0.1, 0.15) is 12.5 Å². The number of carboxylic acid groups (broad SMARTS) is 1. The summed E-state index contributed by atoms with van der Waals surface area (Å²) in [7, 11) is 0. The first kappa shape index (κ1) is 19.0. The van der Waals surface area contributed by atoms with Crippen molar-refractivity contribution in [1.82, 2.24) is 4.90 Å². The fourth-order valence-electron chi connectivity index (χ4n) is 3.28. The molecule has 0 bridgehead atoms. The topological polar surface area (TPSA) is 53.0 Å². The van der Waals surface area contributed by atoms with Crippen LogP contribution in [0, 0.1) is 0 Å². The summed E-state index contributed by atoms with van der Waals surface area (Å²) in [5, 5.41) is 8.69. The lowest BCUT2D eigenvalue weighted by atomic mass is 10.1. The first-order chi connectivity index (χ1) is 13.1. The molecule has 2 aromatic carbocycles. The molecular formula is C22H26N2O3. The summed E-state index contributed by atoms with van der Waals surface area (Å²) in [6.07, 6.45) is 2.92. The number of aliphatic carboxylic acids is 1. The fraction of sp³-hybridized carbons (Fsp3) is 0.318. The van der Waals surface area contributed by atoms with Crippen LogP contribution in [0.4, 0.5) is 5.69 Å². The highest BCUT2D eigenvalue weighted by atomic mass is 16.5. The van der Waals surface area contributed by atoms with Crippen molar-refractivity contribution in [3.63, 3.8) is 0 Å². The van der Waals surface area contributed by atoms with E-state index < -0.39 is 5.97 Å². The number of anilines is 1. The number of ether oxygens (including phenoxy) is 1. The summed E-state index contributed by atoms with van der Waals surface area (Å²) in [5.41, 5.74) is 2.07. The quantitative estimate of drug-likeness (QED) is 0.762. The number of piperazine rings is 1. The number of hydrogen-bond acceptors (Lipinski definition) is 4. The minimum atomic E-state index is -0.930. The maximum Gasteiger partial charge on any atom is 0.328 e. The van der Waals surface area contributed by atoms with Gasteiger partial charge in [-0.3, -0.25) is 4.90 Å². The monoisotopic (exact) mass is 366 g/mol. The summed E-state index contributed by atoms with van der Waals surface area (Å²) in [6, 6.07) is 18.0. The van der Waals surface area contributed by atoms with Crippen molar-refractivity contribution in [2.75, 3.05) is 37.6 Å². The molecule has 1 N–H and O–H groups in total. The summed E-state index contributed by atoms with van der Waals surface area (Å²) < 4.78 is 5.98. The van der Waals surface area contributed by atoms with Crippen LogP contribution in [0.15, 0.2) is 60.7 Å². The van der Waals surface area contributed by atoms with Crippen molar-refractivity contribution in [3.05, 3.63) is 66.2 Å². The smallest absolute Gasteiger partial charge is 0.328 e. The maximum absolute atomic E-state index is 10.6. The molecule has 142 valence electrons. The van der Waals surface area contributed by atoms with Gasteiger partial charge < -0.3 is 14.7 Å². The molecule has 2 aromatic rings. The Morgan fingerprint density at radius 1 is 1.07 bits per heavy atom. The Balaban J connectivity index is 1.46. The fourth-order valence-corrected chi connectivity index (χ4v) is 3.28. The highest BCUT2D eigenvalue weighted by Gasteiger charge is 2.19. The summed E-state index contributed by atoms with van der Waals surface area (Å²) in [4.78, 5) is 15.4. The molecule has 27 heavy (non-hydrogen) atoms. The van der Waals surface area contributed by atoms with E-state index in [1.165, 1.54) is 5.69 Å². The third-order valence-electron chi connectivity index (χ3n) is 4.64. The molecule has 1 atom stereocenters. The molecule has 0 aromatic heterocycles. The van der Waals surface area contributed by atoms with Crippen LogP contribution in [0.5, 0.6) is 5.75 Å². The second-order valence-corrected chi connectivity index (χ2v) is 6.79. The predicted octanol–water partition coefficient (Wildman–Crippen LogP) is 3.37. The molecule has 5 nitrogen and oxygen atoms in total. The zero-order valence-corrected chi connectivity index (χ0v) is 15.6. The zero-order valence-electron chi connectivity index (χ0n) is 15.6. The lowest BCUT2D eigenvalue weighted by Crippen LogP contribution is -2.48. The Hall–Kier alpha value is -2.79. The molecule has 0 spiro atoms. The zero-order chi connectivity index (χ0) is 19.1. The number of carboxylic acids is 1. The van der Waals surface area contributed by atoms with Crippen molar-refractivity contribution in [2.45, 2.75) is 13.0 Å². The third kappa shape index (κ3) is 5.86. The number of benzene rings is 2. The minimum absolute atomic E-state index is 0.152. The van der Waals surface area contributed by atoms with Crippen LogP contribution in [0.25, 0.3) is 6.08 Å². The standard InChI is InChI=1S/C22H26N2O3/c1-18(27-21-5-3-2-4-6-21)17-23-13-15-24(16-14-23)20-10-7-19(8-11-20)9-12-22(25)26/h2-12,18H,13-17H2,1H3,(H,25,26). The highest BCUT2D eigenvalue weighted by Crippen LogP contribution is 2.19. The van der Waals surface area contributed by atoms with Crippen molar-refractivity contribution in [3.8, 4) is 5.75 Å². The van der Waals surface area contributed by atoms with Crippen LogP contribution in [-0.4, -0.2) is 54.8 Å². The Kier molecular flexibility index (Phi) is 6.49. The van der Waals surface area contributed by atoms with E-state index in [2.05, 4.69) is 28.9 Å². The van der Waals surface area contributed by atoms with Gasteiger partial charge >= 0.3 is 5.97 Å². The number of rotatable bonds is 7. The van der Waals surface area contributed by atoms with Gasteiger partial charge in [-0.05, 0) is 42.8 Å². The van der Waals surface area contributed by atoms with Crippen molar-refractivity contribution in [2.24, 2.45) is 0 Å². The molecule has 0 aliphatic carbocycles. The summed E-state index contributed by atoms with van der Waals surface area (Å²) in [6.45, 7) is 6.99. The Morgan fingerprint density at radius 2 is 1.74 bits per heavy atom. The first-order valence-corrected chi connectivity index (χ1v) is 9.30. The SMILES string of the molecule is CC(CN1CCN(c2ccc(C=CC(=O)O)cc2)CC1)Oc1ccccc1. The molecule has 0 saturated carbocycles. The molecule has 1 saturated heterocycles. The lowest BCUT2D eigenvalue weighted by Gasteiger charge is -2.37. The van der Waals surface area contributed by atoms with E-state index >= 15 is 0 Å². The van der Waals surface area contributed by atoms with Gasteiger partial charge in [-0.2, -0.15) is 0 Å². The number of carbonyl (C=O) groups is 1. The predicted molar refractivity (Wildman–Crippen MR) is 108 cm³/mol. The van der Waals surface area contributed by atoms with Gasteiger partial charge in [0.1, 0.15) is 11.9 Å². The molecule has 0 radical (unpaired) electrons. The summed E-state index contributed by atoms with van der Waals surface area (Å²) >= 11 is 0. The first-order valence-electron chi connectivity index (χ1n) is 9.30. The van der Waals surface area contributed by atoms with Crippen molar-refractivity contribution in [1.29, 1.82) is 0 Å². The normalized spacial score (nSPS) is 16.4. The highest BCUT2D eigenvalue weighted by molar-refractivity contribution is 5.85. The molecule has 1 fully saturated rings. The maximum atomic E-state index is 10.6. The largest absolute Gasteiger partial charge is 0.489 e. The van der Waals surface area contributed by atoms with E-state index in [-0.39, 0.29) is 6.10 Å². The minimum Gasteiger partial charge on any atom is -0.489 e. The molecule has 1 aliphatic rings. The van der Waals surface area contributed by atoms with Crippen LogP contribution in [0.3, 0.4) is 0 Å². The van der Waals surface area contributed by atoms with Crippen LogP contribution in [0.2, 0.25) is 0 Å². The van der Waals surface area contributed by atoms with E-state index in [0.717, 1.165) is 50.1 Å². The second-order valence-electron chi connectivity index (χ2n) is 6.79. The summed E-state index contributed by atoms with van der Waals surface area (Å²) in [5.74, 6) is -0.0126. The molecule has 1 heterocycles. The lowest BCUT2D eigenvalue weighted by molar-refractivity contribution is -0.131. The molecule has 1 unspecified atom stereocenters. The van der Waals surface area contributed by atoms with Crippen LogP contribution >= 0.6 is 0 Å². The van der Waals surface area contributed by atoms with E-state index in [1.807, 2.05) is 42.5 Å². The van der Waals surface area contributed by atoms with Gasteiger partial charge in [0.25, 0.3) is 0 Å². The van der Waals surface area contributed by atoms with E-state index in [9.17, 15) is 4.79 Å². The Bertz CT molecular complexity index is 751. The van der Waals surface area contributed by atoms with Crippen molar-refractivity contribution >= 4 is 17.7 Å². The third-order valence-corrected chi connectivity index (χ3v) is 4.64. The second kappa shape index (κ2) is 9.24. The molecule has 5 heteroatoms. The molecular weight excluding hydrogens is 340 g/mol. The Morgan fingerprint density at radius 3 is 2.37 bits per heavy atom. The van der Waals surface area contributed by atoms with Crippen molar-refractivity contribution < 1.29 is 14.6 Å². The number of hydrogen-bond donors (Lipinski definition) is 1. The number of nitrogens with zero attached hydrogens (tertiary/aromatic N) is 2. The van der Waals surface area contributed by atoms with Gasteiger partial charge in [0.2, 0.25) is 0 Å². The van der Waals surface area contributed by atoms with E-state index in [1.54, 1.807) is 6.08 Å². The van der Waals surface area contributed by atoms with Gasteiger partial charge in [0.15, 0.2) is 0 Å². The number of para-hydroxylation sites is 1. The molecule has 0 amide bonds. The molecule has 1 aliphatic heterocycles.